The second-order valence-electron chi connectivity index (χ2n) is 6.89. The van der Waals surface area contributed by atoms with Crippen LogP contribution >= 0.6 is 0 Å². The molecule has 0 aromatic carbocycles. The quantitative estimate of drug-likeness (QED) is 0.516. The molecule has 1 heterocycles. The van der Waals surface area contributed by atoms with Crippen LogP contribution in [0.3, 0.4) is 0 Å². The first kappa shape index (κ1) is 21.0. The summed E-state index contributed by atoms with van der Waals surface area (Å²) in [5, 5.41) is 0. The second-order valence-corrected chi connectivity index (χ2v) is 6.89. The molecule has 1 amide bonds. The number of hydrogen-bond acceptors (Lipinski definition) is 3. The van der Waals surface area contributed by atoms with E-state index in [1.165, 1.54) is 0 Å². The Balaban J connectivity index is 2.89. The number of alkyl halides is 6. The Kier molecular flexibility index (Phi) is 5.84. The fraction of sp³-hybridized carbons (Fsp3) is 0.917. The molecule has 12 heteroatoms. The molecule has 0 aromatic heterocycles. The molecule has 0 spiro atoms. The standard InChI is InChI=1S/C12H20B2F6N2O2/c1-10(2,3)22-5-4-21(6(13)7(22)14)9(23)24-8(11(15,16)17)12(18,19)20/h6-8H,4-5,13-14H2,1-3H3. The molecule has 0 bridgehead atoms. The fourth-order valence-electron chi connectivity index (χ4n) is 2.84. The first-order chi connectivity index (χ1) is 10.6. The fourth-order valence-corrected chi connectivity index (χ4v) is 2.84. The summed E-state index contributed by atoms with van der Waals surface area (Å²) in [5.74, 6) is -0.839. The van der Waals surface area contributed by atoms with Gasteiger partial charge in [0.1, 0.15) is 15.7 Å². The molecule has 1 saturated heterocycles. The van der Waals surface area contributed by atoms with Crippen LogP contribution in [0.15, 0.2) is 0 Å². The summed E-state index contributed by atoms with van der Waals surface area (Å²) < 4.78 is 78.8. The molecule has 2 unspecified atom stereocenters. The summed E-state index contributed by atoms with van der Waals surface area (Å²) >= 11 is 0. The van der Waals surface area contributed by atoms with Crippen molar-refractivity contribution in [3.63, 3.8) is 0 Å². The van der Waals surface area contributed by atoms with Crippen LogP contribution in [0, 0.1) is 0 Å². The average Bonchev–Trinajstić information content (AvgIpc) is 2.34. The van der Waals surface area contributed by atoms with Gasteiger partial charge in [0.15, 0.2) is 0 Å². The maximum absolute atomic E-state index is 12.5. The minimum Gasteiger partial charge on any atom is -0.426 e. The van der Waals surface area contributed by atoms with Crippen LogP contribution in [-0.2, 0) is 4.74 Å². The molecular weight excluding hydrogens is 340 g/mol. The predicted molar refractivity (Wildman–Crippen MR) is 80.2 cm³/mol. The number of nitrogens with zero attached hydrogens (tertiary/aromatic N) is 2. The summed E-state index contributed by atoms with van der Waals surface area (Å²) in [4.78, 5) is 14.8. The highest BCUT2D eigenvalue weighted by atomic mass is 19.4. The van der Waals surface area contributed by atoms with E-state index in [1.54, 1.807) is 15.7 Å². The number of carbonyl (C=O) groups is 1. The van der Waals surface area contributed by atoms with Gasteiger partial charge in [0.25, 0.3) is 6.10 Å². The van der Waals surface area contributed by atoms with E-state index in [-0.39, 0.29) is 18.0 Å². The van der Waals surface area contributed by atoms with Crippen LogP contribution in [0.4, 0.5) is 31.1 Å². The molecule has 1 aliphatic rings. The number of rotatable bonds is 1. The highest BCUT2D eigenvalue weighted by Gasteiger charge is 2.60. The molecule has 2 atom stereocenters. The third-order valence-corrected chi connectivity index (χ3v) is 4.17. The monoisotopic (exact) mass is 360 g/mol. The third kappa shape index (κ3) is 4.73. The maximum atomic E-state index is 12.5. The highest BCUT2D eigenvalue weighted by Crippen LogP contribution is 2.36. The summed E-state index contributed by atoms with van der Waals surface area (Å²) in [5.41, 5.74) is -0.246. The van der Waals surface area contributed by atoms with Gasteiger partial charge in [-0.15, -0.1) is 0 Å². The Morgan fingerprint density at radius 3 is 1.83 bits per heavy atom. The van der Waals surface area contributed by atoms with Crippen LogP contribution in [0.2, 0.25) is 0 Å². The molecule has 1 fully saturated rings. The molecule has 0 N–H and O–H groups in total. The molecule has 1 aliphatic heterocycles. The third-order valence-electron chi connectivity index (χ3n) is 4.17. The number of carbonyl (C=O) groups excluding carboxylic acids is 1. The minimum atomic E-state index is -5.71. The lowest BCUT2D eigenvalue weighted by Crippen LogP contribution is -2.66. The largest absolute Gasteiger partial charge is 0.434 e. The van der Waals surface area contributed by atoms with E-state index in [4.69, 9.17) is 0 Å². The van der Waals surface area contributed by atoms with Crippen molar-refractivity contribution in [2.75, 3.05) is 13.1 Å². The smallest absolute Gasteiger partial charge is 0.426 e. The van der Waals surface area contributed by atoms with Gasteiger partial charge in [-0.2, -0.15) is 26.3 Å². The molecule has 0 radical (unpaired) electrons. The lowest BCUT2D eigenvalue weighted by atomic mass is 9.73. The van der Waals surface area contributed by atoms with E-state index in [2.05, 4.69) is 4.74 Å². The van der Waals surface area contributed by atoms with E-state index in [9.17, 15) is 31.1 Å². The van der Waals surface area contributed by atoms with Crippen molar-refractivity contribution in [3.05, 3.63) is 0 Å². The Hall–Kier alpha value is -1.06. The SMILES string of the molecule is BC1C(B)N(C(C)(C)C)CCN1C(=O)OC(C(F)(F)F)C(F)(F)F. The van der Waals surface area contributed by atoms with Gasteiger partial charge >= 0.3 is 18.4 Å². The number of ether oxygens (including phenoxy) is 1. The first-order valence-corrected chi connectivity index (χ1v) is 7.44. The predicted octanol–water partition coefficient (Wildman–Crippen LogP) is 0.951. The lowest BCUT2D eigenvalue weighted by Gasteiger charge is -2.50. The maximum Gasteiger partial charge on any atom is 0.434 e. The van der Waals surface area contributed by atoms with Crippen molar-refractivity contribution in [2.24, 2.45) is 0 Å². The molecular formula is C12H20B2F6N2O2. The van der Waals surface area contributed by atoms with Crippen LogP contribution in [0.5, 0.6) is 0 Å². The van der Waals surface area contributed by atoms with E-state index in [0.717, 1.165) is 4.90 Å². The normalized spacial score (nSPS) is 24.3. The highest BCUT2D eigenvalue weighted by molar-refractivity contribution is 6.22. The van der Waals surface area contributed by atoms with Crippen molar-refractivity contribution in [2.45, 2.75) is 56.6 Å². The molecule has 138 valence electrons. The van der Waals surface area contributed by atoms with Gasteiger partial charge in [-0.05, 0) is 26.7 Å². The Morgan fingerprint density at radius 1 is 1.00 bits per heavy atom. The lowest BCUT2D eigenvalue weighted by molar-refractivity contribution is -0.308. The van der Waals surface area contributed by atoms with Crippen LogP contribution in [0.1, 0.15) is 20.8 Å². The van der Waals surface area contributed by atoms with Gasteiger partial charge in [0.05, 0.1) is 0 Å². The average molecular weight is 360 g/mol. The van der Waals surface area contributed by atoms with E-state index in [0.29, 0.717) is 6.54 Å². The van der Waals surface area contributed by atoms with Crippen molar-refractivity contribution < 1.29 is 35.9 Å². The summed E-state index contributed by atoms with van der Waals surface area (Å²) in [6, 6.07) is 0. The van der Waals surface area contributed by atoms with Crippen molar-refractivity contribution in [1.82, 2.24) is 9.80 Å². The van der Waals surface area contributed by atoms with Crippen molar-refractivity contribution in [1.29, 1.82) is 0 Å². The molecule has 1 rings (SSSR count). The molecule has 0 aromatic rings. The number of piperazine rings is 1. The van der Waals surface area contributed by atoms with Crippen molar-refractivity contribution in [3.8, 4) is 0 Å². The van der Waals surface area contributed by atoms with Gasteiger partial charge in [-0.25, -0.2) is 4.79 Å². The number of hydrogen-bond donors (Lipinski definition) is 0. The number of halogens is 6. The van der Waals surface area contributed by atoms with Gasteiger partial charge in [-0.1, -0.05) is 0 Å². The molecule has 4 nitrogen and oxygen atoms in total. The molecule has 0 aliphatic carbocycles. The van der Waals surface area contributed by atoms with Gasteiger partial charge in [-0.3, -0.25) is 0 Å². The van der Waals surface area contributed by atoms with Crippen LogP contribution in [0.25, 0.3) is 0 Å². The van der Waals surface area contributed by atoms with Crippen LogP contribution < -0.4 is 0 Å². The summed E-state index contributed by atoms with van der Waals surface area (Å²) in [6.45, 7) is 6.13. The zero-order chi connectivity index (χ0) is 19.1. The summed E-state index contributed by atoms with van der Waals surface area (Å²) in [7, 11) is 3.33. The second kappa shape index (κ2) is 6.68. The molecule has 0 saturated carbocycles. The van der Waals surface area contributed by atoms with E-state index in [1.807, 2.05) is 25.7 Å². The first-order valence-electron chi connectivity index (χ1n) is 7.44. The topological polar surface area (TPSA) is 32.8 Å². The molecule has 24 heavy (non-hydrogen) atoms. The van der Waals surface area contributed by atoms with Crippen LogP contribution in [-0.4, -0.2) is 80.6 Å². The van der Waals surface area contributed by atoms with E-state index >= 15 is 0 Å². The minimum absolute atomic E-state index is 0.00988. The number of amides is 1. The Bertz CT molecular complexity index is 452. The van der Waals surface area contributed by atoms with E-state index < -0.39 is 30.5 Å². The van der Waals surface area contributed by atoms with Gasteiger partial charge in [0, 0.05) is 24.6 Å². The Labute approximate surface area is 138 Å². The van der Waals surface area contributed by atoms with Gasteiger partial charge < -0.3 is 14.5 Å². The van der Waals surface area contributed by atoms with Gasteiger partial charge in [0.2, 0.25) is 0 Å². The Morgan fingerprint density at radius 2 is 1.46 bits per heavy atom. The zero-order valence-corrected chi connectivity index (χ0v) is 14.1. The zero-order valence-electron chi connectivity index (χ0n) is 14.1. The summed E-state index contributed by atoms with van der Waals surface area (Å²) in [6.07, 6.45) is -17.2. The van der Waals surface area contributed by atoms with Crippen molar-refractivity contribution >= 4 is 21.8 Å².